The van der Waals surface area contributed by atoms with E-state index in [0.717, 1.165) is 19.3 Å². The van der Waals surface area contributed by atoms with Crippen LogP contribution in [0.4, 0.5) is 0 Å². The second-order valence-electron chi connectivity index (χ2n) is 4.08. The first kappa shape index (κ1) is 9.69. The largest absolute Gasteiger partial charge is 0.393 e. The van der Waals surface area contributed by atoms with Gasteiger partial charge in [0.05, 0.1) is 6.10 Å². The highest BCUT2D eigenvalue weighted by Gasteiger charge is 2.26. The highest BCUT2D eigenvalue weighted by Crippen LogP contribution is 2.29. The van der Waals surface area contributed by atoms with Crippen molar-refractivity contribution in [2.75, 3.05) is 6.54 Å². The van der Waals surface area contributed by atoms with Crippen LogP contribution in [0, 0.1) is 5.92 Å². The number of benzene rings is 1. The zero-order valence-corrected chi connectivity index (χ0v) is 8.32. The Bertz CT molecular complexity index is 286. The Morgan fingerprint density at radius 2 is 1.86 bits per heavy atom. The van der Waals surface area contributed by atoms with Crippen molar-refractivity contribution < 1.29 is 5.11 Å². The summed E-state index contributed by atoms with van der Waals surface area (Å²) in [6, 6.07) is 8.45. The molecule has 2 heteroatoms. The highest BCUT2D eigenvalue weighted by atomic mass is 16.3. The zero-order chi connectivity index (χ0) is 9.97. The fraction of sp³-hybridized carbons (Fsp3) is 0.500. The van der Waals surface area contributed by atoms with E-state index in [-0.39, 0.29) is 6.10 Å². The van der Waals surface area contributed by atoms with Crippen molar-refractivity contribution in [1.29, 1.82) is 0 Å². The van der Waals surface area contributed by atoms with E-state index in [1.807, 2.05) is 0 Å². The summed E-state index contributed by atoms with van der Waals surface area (Å²) in [5.41, 5.74) is 8.24. The minimum Gasteiger partial charge on any atom is -0.393 e. The molecule has 0 saturated carbocycles. The lowest BCUT2D eigenvalue weighted by molar-refractivity contribution is 0.106. The molecule has 0 aliphatic heterocycles. The van der Waals surface area contributed by atoms with Crippen molar-refractivity contribution in [2.45, 2.75) is 25.4 Å². The van der Waals surface area contributed by atoms with Crippen LogP contribution in [-0.4, -0.2) is 17.8 Å². The molecule has 0 amide bonds. The summed E-state index contributed by atoms with van der Waals surface area (Å²) in [5, 5.41) is 9.84. The van der Waals surface area contributed by atoms with E-state index in [0.29, 0.717) is 12.5 Å². The number of fused-ring (bicyclic) bond motifs is 1. The highest BCUT2D eigenvalue weighted by molar-refractivity contribution is 5.32. The fourth-order valence-corrected chi connectivity index (χ4v) is 2.27. The Kier molecular flexibility index (Phi) is 2.85. The van der Waals surface area contributed by atoms with Crippen molar-refractivity contribution >= 4 is 0 Å². The summed E-state index contributed by atoms with van der Waals surface area (Å²) in [4.78, 5) is 0. The van der Waals surface area contributed by atoms with Crippen molar-refractivity contribution in [1.82, 2.24) is 0 Å². The average Bonchev–Trinajstić information content (AvgIpc) is 2.61. The normalized spacial score (nSPS) is 18.1. The van der Waals surface area contributed by atoms with E-state index in [1.54, 1.807) is 0 Å². The topological polar surface area (TPSA) is 46.2 Å². The van der Waals surface area contributed by atoms with Gasteiger partial charge in [0.1, 0.15) is 0 Å². The Morgan fingerprint density at radius 1 is 1.29 bits per heavy atom. The molecule has 1 aromatic carbocycles. The molecule has 0 aromatic heterocycles. The number of aliphatic hydroxyl groups is 1. The lowest BCUT2D eigenvalue weighted by atomic mass is 9.97. The smallest absolute Gasteiger partial charge is 0.0586 e. The molecular weight excluding hydrogens is 174 g/mol. The zero-order valence-electron chi connectivity index (χ0n) is 8.32. The summed E-state index contributed by atoms with van der Waals surface area (Å²) < 4.78 is 0. The number of nitrogens with two attached hydrogens (primary N) is 1. The Labute approximate surface area is 84.7 Å². The summed E-state index contributed by atoms with van der Waals surface area (Å²) in [7, 11) is 0. The fourth-order valence-electron chi connectivity index (χ4n) is 2.27. The standard InChI is InChI=1S/C12H17NO/c13-6-5-12(14)11-7-9-3-1-2-4-10(9)8-11/h1-4,11-12,14H,5-8,13H2/t12-/m1/s1. The van der Waals surface area contributed by atoms with Crippen molar-refractivity contribution in [3.63, 3.8) is 0 Å². The molecule has 0 fully saturated rings. The van der Waals surface area contributed by atoms with E-state index >= 15 is 0 Å². The van der Waals surface area contributed by atoms with Gasteiger partial charge in [0.25, 0.3) is 0 Å². The molecule has 1 aromatic rings. The van der Waals surface area contributed by atoms with Gasteiger partial charge in [0.2, 0.25) is 0 Å². The molecule has 3 N–H and O–H groups in total. The van der Waals surface area contributed by atoms with Gasteiger partial charge in [-0.3, -0.25) is 0 Å². The van der Waals surface area contributed by atoms with E-state index in [1.165, 1.54) is 11.1 Å². The molecule has 1 aliphatic carbocycles. The van der Waals surface area contributed by atoms with Gasteiger partial charge in [-0.15, -0.1) is 0 Å². The molecule has 0 bridgehead atoms. The van der Waals surface area contributed by atoms with E-state index in [9.17, 15) is 5.11 Å². The van der Waals surface area contributed by atoms with E-state index in [2.05, 4.69) is 24.3 Å². The molecule has 0 unspecified atom stereocenters. The van der Waals surface area contributed by atoms with Gasteiger partial charge < -0.3 is 10.8 Å². The van der Waals surface area contributed by atoms with Crippen LogP contribution in [-0.2, 0) is 12.8 Å². The molecule has 0 spiro atoms. The van der Waals surface area contributed by atoms with Gasteiger partial charge >= 0.3 is 0 Å². The third kappa shape index (κ3) is 1.81. The average molecular weight is 191 g/mol. The Balaban J connectivity index is 2.04. The van der Waals surface area contributed by atoms with E-state index < -0.39 is 0 Å². The van der Waals surface area contributed by atoms with Crippen LogP contribution in [0.15, 0.2) is 24.3 Å². The quantitative estimate of drug-likeness (QED) is 0.752. The van der Waals surface area contributed by atoms with Crippen LogP contribution in [0.5, 0.6) is 0 Å². The van der Waals surface area contributed by atoms with Crippen LogP contribution >= 0.6 is 0 Å². The molecule has 1 atom stereocenters. The van der Waals surface area contributed by atoms with Gasteiger partial charge in [-0.2, -0.15) is 0 Å². The first-order chi connectivity index (χ1) is 6.81. The van der Waals surface area contributed by atoms with Crippen molar-refractivity contribution in [3.05, 3.63) is 35.4 Å². The maximum Gasteiger partial charge on any atom is 0.0586 e. The lowest BCUT2D eigenvalue weighted by Crippen LogP contribution is -2.23. The lowest BCUT2D eigenvalue weighted by Gasteiger charge is -2.16. The molecular formula is C12H17NO. The van der Waals surface area contributed by atoms with Crippen LogP contribution in [0.2, 0.25) is 0 Å². The molecule has 1 aliphatic rings. The molecule has 14 heavy (non-hydrogen) atoms. The maximum absolute atomic E-state index is 9.84. The monoisotopic (exact) mass is 191 g/mol. The number of aliphatic hydroxyl groups excluding tert-OH is 1. The molecule has 2 rings (SSSR count). The van der Waals surface area contributed by atoms with Gasteiger partial charge in [0, 0.05) is 0 Å². The third-order valence-corrected chi connectivity index (χ3v) is 3.09. The van der Waals surface area contributed by atoms with E-state index in [4.69, 9.17) is 5.73 Å². The van der Waals surface area contributed by atoms with Gasteiger partial charge in [-0.1, -0.05) is 24.3 Å². The van der Waals surface area contributed by atoms with Crippen LogP contribution in [0.1, 0.15) is 17.5 Å². The SMILES string of the molecule is NCC[C@@H](O)C1Cc2ccccc2C1. The van der Waals surface area contributed by atoms with Gasteiger partial charge in [-0.25, -0.2) is 0 Å². The molecule has 0 saturated heterocycles. The first-order valence-corrected chi connectivity index (χ1v) is 5.26. The first-order valence-electron chi connectivity index (χ1n) is 5.26. The van der Waals surface area contributed by atoms with Crippen LogP contribution in [0.3, 0.4) is 0 Å². The molecule has 0 radical (unpaired) electrons. The molecule has 2 nitrogen and oxygen atoms in total. The summed E-state index contributed by atoms with van der Waals surface area (Å²) in [5.74, 6) is 0.385. The summed E-state index contributed by atoms with van der Waals surface area (Å²) in [6.45, 7) is 0.577. The predicted molar refractivity (Wildman–Crippen MR) is 57.0 cm³/mol. The minimum atomic E-state index is -0.229. The second kappa shape index (κ2) is 4.11. The van der Waals surface area contributed by atoms with Crippen LogP contribution in [0.25, 0.3) is 0 Å². The van der Waals surface area contributed by atoms with Gasteiger partial charge in [-0.05, 0) is 42.9 Å². The maximum atomic E-state index is 9.84. The van der Waals surface area contributed by atoms with Crippen molar-refractivity contribution in [2.24, 2.45) is 11.7 Å². The second-order valence-corrected chi connectivity index (χ2v) is 4.08. The number of hydrogen-bond acceptors (Lipinski definition) is 2. The minimum absolute atomic E-state index is 0.229. The third-order valence-electron chi connectivity index (χ3n) is 3.09. The number of rotatable bonds is 3. The van der Waals surface area contributed by atoms with Crippen molar-refractivity contribution in [3.8, 4) is 0 Å². The molecule has 76 valence electrons. The predicted octanol–water partition coefficient (Wildman–Crippen LogP) is 1.11. The molecule has 0 heterocycles. The van der Waals surface area contributed by atoms with Gasteiger partial charge in [0.15, 0.2) is 0 Å². The summed E-state index contributed by atoms with van der Waals surface area (Å²) >= 11 is 0. The van der Waals surface area contributed by atoms with Crippen LogP contribution < -0.4 is 5.73 Å². The summed E-state index contributed by atoms with van der Waals surface area (Å²) in [6.07, 6.45) is 2.51. The number of hydrogen-bond donors (Lipinski definition) is 2. The Morgan fingerprint density at radius 3 is 2.36 bits per heavy atom. The Hall–Kier alpha value is -0.860.